The van der Waals surface area contributed by atoms with Gasteiger partial charge < -0.3 is 10.5 Å². The number of hydrogen-bond acceptors (Lipinski definition) is 2. The second kappa shape index (κ2) is 5.81. The summed E-state index contributed by atoms with van der Waals surface area (Å²) in [7, 11) is 0. The van der Waals surface area contributed by atoms with E-state index < -0.39 is 0 Å². The highest BCUT2D eigenvalue weighted by Gasteiger charge is 2.42. The average Bonchev–Trinajstić information content (AvgIpc) is 3.05. The van der Waals surface area contributed by atoms with Crippen molar-refractivity contribution in [2.75, 3.05) is 6.61 Å². The van der Waals surface area contributed by atoms with Crippen LogP contribution in [0.15, 0.2) is 12.1 Å². The molecule has 116 valence electrons. The van der Waals surface area contributed by atoms with Crippen molar-refractivity contribution in [1.29, 1.82) is 0 Å². The summed E-state index contributed by atoms with van der Waals surface area (Å²) in [5.74, 6) is 1.68. The molecule has 3 rings (SSSR count). The number of fused-ring (bicyclic) bond motifs is 1. The molecule has 3 heteroatoms. The van der Waals surface area contributed by atoms with E-state index in [1.54, 1.807) is 0 Å². The highest BCUT2D eigenvalue weighted by atomic mass is 35.5. The Balaban J connectivity index is 1.99. The number of benzene rings is 1. The van der Waals surface area contributed by atoms with E-state index >= 15 is 0 Å². The quantitative estimate of drug-likeness (QED) is 0.860. The van der Waals surface area contributed by atoms with Gasteiger partial charge in [-0.25, -0.2) is 0 Å². The van der Waals surface area contributed by atoms with E-state index in [0.29, 0.717) is 5.92 Å². The van der Waals surface area contributed by atoms with Crippen LogP contribution in [0.3, 0.4) is 0 Å². The van der Waals surface area contributed by atoms with Crippen LogP contribution >= 0.6 is 11.6 Å². The van der Waals surface area contributed by atoms with E-state index in [-0.39, 0.29) is 11.5 Å². The van der Waals surface area contributed by atoms with Gasteiger partial charge in [0.2, 0.25) is 0 Å². The smallest absolute Gasteiger partial charge is 0.127 e. The Morgan fingerprint density at radius 1 is 1.29 bits per heavy atom. The van der Waals surface area contributed by atoms with Crippen molar-refractivity contribution in [3.8, 4) is 5.75 Å². The lowest BCUT2D eigenvalue weighted by molar-refractivity contribution is 0.180. The lowest BCUT2D eigenvalue weighted by Crippen LogP contribution is -2.34. The number of nitrogens with two attached hydrogens (primary N) is 1. The Morgan fingerprint density at radius 2 is 2.00 bits per heavy atom. The van der Waals surface area contributed by atoms with Crippen LogP contribution in [0.5, 0.6) is 5.75 Å². The molecule has 2 nitrogen and oxygen atoms in total. The van der Waals surface area contributed by atoms with Gasteiger partial charge in [-0.3, -0.25) is 0 Å². The van der Waals surface area contributed by atoms with Gasteiger partial charge in [0, 0.05) is 23.0 Å². The van der Waals surface area contributed by atoms with Crippen LogP contribution in [0.25, 0.3) is 0 Å². The SMILES string of the molecule is CC(C)CC1(C(N)c2cc(Cl)cc3c2OCC3)CCCC1. The van der Waals surface area contributed by atoms with Crippen LogP contribution in [0.4, 0.5) is 0 Å². The monoisotopic (exact) mass is 307 g/mol. The highest BCUT2D eigenvalue weighted by Crippen LogP contribution is 2.53. The third-order valence-electron chi connectivity index (χ3n) is 5.19. The molecule has 2 N–H and O–H groups in total. The van der Waals surface area contributed by atoms with Crippen molar-refractivity contribution in [1.82, 2.24) is 0 Å². The minimum absolute atomic E-state index is 0.0351. The number of halogens is 1. The Kier molecular flexibility index (Phi) is 4.20. The molecule has 1 fully saturated rings. The minimum atomic E-state index is 0.0351. The topological polar surface area (TPSA) is 35.2 Å². The molecule has 21 heavy (non-hydrogen) atoms. The van der Waals surface area contributed by atoms with Crippen LogP contribution in [-0.2, 0) is 6.42 Å². The molecule has 1 aliphatic heterocycles. The van der Waals surface area contributed by atoms with Gasteiger partial charge in [-0.1, -0.05) is 38.3 Å². The molecule has 0 saturated heterocycles. The van der Waals surface area contributed by atoms with Crippen molar-refractivity contribution in [2.24, 2.45) is 17.1 Å². The third kappa shape index (κ3) is 2.80. The summed E-state index contributed by atoms with van der Waals surface area (Å²) in [5, 5.41) is 0.794. The lowest BCUT2D eigenvalue weighted by atomic mass is 9.70. The second-order valence-electron chi connectivity index (χ2n) is 7.23. The fourth-order valence-electron chi connectivity index (χ4n) is 4.39. The van der Waals surface area contributed by atoms with Crippen molar-refractivity contribution in [2.45, 2.75) is 58.4 Å². The Labute approximate surface area is 133 Å². The summed E-state index contributed by atoms with van der Waals surface area (Å²) in [6.45, 7) is 5.35. The third-order valence-corrected chi connectivity index (χ3v) is 5.40. The molecule has 0 bridgehead atoms. The molecule has 1 heterocycles. The van der Waals surface area contributed by atoms with Gasteiger partial charge in [0.15, 0.2) is 0 Å². The molecule has 2 aliphatic rings. The fraction of sp³-hybridized carbons (Fsp3) is 0.667. The summed E-state index contributed by atoms with van der Waals surface area (Å²) in [6, 6.07) is 4.11. The van der Waals surface area contributed by atoms with E-state index in [1.165, 1.54) is 37.7 Å². The van der Waals surface area contributed by atoms with Gasteiger partial charge in [0.05, 0.1) is 6.61 Å². The first kappa shape index (κ1) is 15.2. The van der Waals surface area contributed by atoms with Gasteiger partial charge in [-0.05, 0) is 48.3 Å². The van der Waals surface area contributed by atoms with E-state index in [2.05, 4.69) is 13.8 Å². The molecule has 0 radical (unpaired) electrons. The Morgan fingerprint density at radius 3 is 2.67 bits per heavy atom. The molecule has 0 aromatic heterocycles. The van der Waals surface area contributed by atoms with Crippen LogP contribution in [0, 0.1) is 11.3 Å². The predicted molar refractivity (Wildman–Crippen MR) is 87.9 cm³/mol. The summed E-state index contributed by atoms with van der Waals surface area (Å²) in [6.07, 6.45) is 7.19. The number of rotatable bonds is 4. The molecular weight excluding hydrogens is 282 g/mol. The summed E-state index contributed by atoms with van der Waals surface area (Å²) < 4.78 is 5.88. The van der Waals surface area contributed by atoms with Gasteiger partial charge >= 0.3 is 0 Å². The maximum absolute atomic E-state index is 6.79. The van der Waals surface area contributed by atoms with Crippen LogP contribution < -0.4 is 10.5 Å². The van der Waals surface area contributed by atoms with Crippen LogP contribution in [-0.4, -0.2) is 6.61 Å². The number of hydrogen-bond donors (Lipinski definition) is 1. The highest BCUT2D eigenvalue weighted by molar-refractivity contribution is 6.30. The number of ether oxygens (including phenoxy) is 1. The molecule has 0 spiro atoms. The van der Waals surface area contributed by atoms with Gasteiger partial charge in [-0.15, -0.1) is 0 Å². The normalized spacial score (nSPS) is 21.4. The van der Waals surface area contributed by atoms with Crippen LogP contribution in [0.2, 0.25) is 5.02 Å². The zero-order chi connectivity index (χ0) is 15.0. The maximum Gasteiger partial charge on any atom is 0.127 e. The van der Waals surface area contributed by atoms with Crippen molar-refractivity contribution < 1.29 is 4.74 Å². The van der Waals surface area contributed by atoms with E-state index in [0.717, 1.165) is 29.4 Å². The summed E-state index contributed by atoms with van der Waals surface area (Å²) in [5.41, 5.74) is 9.37. The standard InChI is InChI=1S/C18H26ClNO/c1-12(2)11-18(6-3-4-7-18)17(20)15-10-14(19)9-13-5-8-21-16(13)15/h9-10,12,17H,3-8,11,20H2,1-2H3. The van der Waals surface area contributed by atoms with Crippen molar-refractivity contribution >= 4 is 11.6 Å². The molecule has 1 aromatic rings. The largest absolute Gasteiger partial charge is 0.493 e. The first-order valence-electron chi connectivity index (χ1n) is 8.22. The van der Waals surface area contributed by atoms with E-state index in [1.807, 2.05) is 12.1 Å². The zero-order valence-electron chi connectivity index (χ0n) is 13.1. The molecule has 1 atom stereocenters. The Hall–Kier alpha value is -0.730. The van der Waals surface area contributed by atoms with E-state index in [9.17, 15) is 0 Å². The average molecular weight is 308 g/mol. The van der Waals surface area contributed by atoms with Gasteiger partial charge in [0.25, 0.3) is 0 Å². The minimum Gasteiger partial charge on any atom is -0.493 e. The molecule has 1 unspecified atom stereocenters. The Bertz CT molecular complexity index is 520. The second-order valence-corrected chi connectivity index (χ2v) is 7.66. The van der Waals surface area contributed by atoms with Gasteiger partial charge in [-0.2, -0.15) is 0 Å². The molecule has 1 saturated carbocycles. The lowest BCUT2D eigenvalue weighted by Gasteiger charge is -2.37. The molecule has 1 aliphatic carbocycles. The first-order chi connectivity index (χ1) is 10.0. The van der Waals surface area contributed by atoms with E-state index in [4.69, 9.17) is 22.1 Å². The fourth-order valence-corrected chi connectivity index (χ4v) is 4.64. The summed E-state index contributed by atoms with van der Waals surface area (Å²) in [4.78, 5) is 0. The van der Waals surface area contributed by atoms with Gasteiger partial charge in [0.1, 0.15) is 5.75 Å². The maximum atomic E-state index is 6.79. The molecule has 0 amide bonds. The predicted octanol–water partition coefficient (Wildman–Crippen LogP) is 4.88. The zero-order valence-corrected chi connectivity index (χ0v) is 13.9. The molecule has 1 aromatic carbocycles. The van der Waals surface area contributed by atoms with Crippen LogP contribution in [0.1, 0.15) is 63.1 Å². The van der Waals surface area contributed by atoms with Crippen molar-refractivity contribution in [3.05, 3.63) is 28.3 Å². The molecular formula is C18H26ClNO. The first-order valence-corrected chi connectivity index (χ1v) is 8.60. The van der Waals surface area contributed by atoms with Crippen molar-refractivity contribution in [3.63, 3.8) is 0 Å². The summed E-state index contributed by atoms with van der Waals surface area (Å²) >= 11 is 6.32.